The van der Waals surface area contributed by atoms with E-state index in [4.69, 9.17) is 10.00 Å². The molecule has 0 amide bonds. The zero-order valence-corrected chi connectivity index (χ0v) is 9.97. The molecule has 0 N–H and O–H groups in total. The van der Waals surface area contributed by atoms with Crippen LogP contribution in [-0.4, -0.2) is 12.7 Å². The van der Waals surface area contributed by atoms with Crippen LogP contribution in [-0.2, 0) is 4.74 Å². The highest BCUT2D eigenvalue weighted by molar-refractivity contribution is 4.91. The molecular weight excluding hydrogens is 174 g/mol. The Hall–Kier alpha value is -0.550. The normalized spacial score (nSPS) is 13.6. The lowest BCUT2D eigenvalue weighted by Crippen LogP contribution is -2.12. The van der Waals surface area contributed by atoms with Crippen molar-refractivity contribution >= 4 is 0 Å². The molecule has 1 unspecified atom stereocenters. The van der Waals surface area contributed by atoms with E-state index in [9.17, 15) is 0 Å². The summed E-state index contributed by atoms with van der Waals surface area (Å²) in [5.74, 6) is 0. The largest absolute Gasteiger partial charge is 0.379 e. The molecule has 0 aromatic heterocycles. The Morgan fingerprint density at radius 1 is 1.43 bits per heavy atom. The van der Waals surface area contributed by atoms with E-state index in [1.54, 1.807) is 0 Å². The Morgan fingerprint density at radius 3 is 2.57 bits per heavy atom. The number of ether oxygens (including phenoxy) is 1. The molecule has 1 atom stereocenters. The Kier molecular flexibility index (Phi) is 6.57. The van der Waals surface area contributed by atoms with Gasteiger partial charge in [0.1, 0.15) is 0 Å². The molecule has 0 aliphatic heterocycles. The van der Waals surface area contributed by atoms with Crippen LogP contribution in [0.25, 0.3) is 0 Å². The summed E-state index contributed by atoms with van der Waals surface area (Å²) in [7, 11) is 0. The lowest BCUT2D eigenvalue weighted by atomic mass is 9.90. The minimum Gasteiger partial charge on any atom is -0.379 e. The van der Waals surface area contributed by atoms with Gasteiger partial charge in [0.15, 0.2) is 0 Å². The highest BCUT2D eigenvalue weighted by Gasteiger charge is 2.15. The molecule has 0 aromatic carbocycles. The summed E-state index contributed by atoms with van der Waals surface area (Å²) in [6, 6.07) is 2.30. The van der Waals surface area contributed by atoms with Crippen molar-refractivity contribution in [3.8, 4) is 6.07 Å². The van der Waals surface area contributed by atoms with Gasteiger partial charge < -0.3 is 4.74 Å². The average molecular weight is 197 g/mol. The Labute approximate surface area is 88.3 Å². The molecule has 2 heteroatoms. The van der Waals surface area contributed by atoms with E-state index in [2.05, 4.69) is 19.9 Å². The van der Waals surface area contributed by atoms with Gasteiger partial charge in [0.25, 0.3) is 0 Å². The molecule has 0 heterocycles. The minimum absolute atomic E-state index is 0.197. The lowest BCUT2D eigenvalue weighted by Gasteiger charge is -2.16. The maximum absolute atomic E-state index is 8.80. The molecular formula is C12H23NO. The van der Waals surface area contributed by atoms with Crippen LogP contribution in [0.15, 0.2) is 0 Å². The van der Waals surface area contributed by atoms with Crippen molar-refractivity contribution < 1.29 is 4.74 Å². The fourth-order valence-corrected chi connectivity index (χ4v) is 1.34. The molecule has 0 aliphatic carbocycles. The van der Waals surface area contributed by atoms with E-state index in [1.165, 1.54) is 6.42 Å². The van der Waals surface area contributed by atoms with Crippen LogP contribution in [0.2, 0.25) is 0 Å². The maximum atomic E-state index is 8.80. The van der Waals surface area contributed by atoms with E-state index >= 15 is 0 Å². The second kappa shape index (κ2) is 6.84. The van der Waals surface area contributed by atoms with Gasteiger partial charge in [-0.3, -0.25) is 0 Å². The quantitative estimate of drug-likeness (QED) is 0.585. The monoisotopic (exact) mass is 197 g/mol. The third kappa shape index (κ3) is 6.91. The second-order valence-corrected chi connectivity index (χ2v) is 4.57. The number of nitriles is 1. The fraction of sp³-hybridized carbons (Fsp3) is 0.917. The Balaban J connectivity index is 3.43. The van der Waals surface area contributed by atoms with Crippen molar-refractivity contribution in [1.82, 2.24) is 0 Å². The molecule has 0 bridgehead atoms. The van der Waals surface area contributed by atoms with E-state index in [0.717, 1.165) is 25.9 Å². The van der Waals surface area contributed by atoms with Gasteiger partial charge in [0.05, 0.1) is 17.6 Å². The summed E-state index contributed by atoms with van der Waals surface area (Å²) < 4.78 is 5.61. The molecule has 0 aromatic rings. The maximum Gasteiger partial charge on any atom is 0.0683 e. The summed E-state index contributed by atoms with van der Waals surface area (Å²) in [5, 5.41) is 8.80. The first kappa shape index (κ1) is 13.4. The predicted molar refractivity (Wildman–Crippen MR) is 59.0 cm³/mol. The zero-order valence-electron chi connectivity index (χ0n) is 9.97. The van der Waals surface area contributed by atoms with Crippen LogP contribution in [0, 0.1) is 16.7 Å². The second-order valence-electron chi connectivity index (χ2n) is 4.57. The summed E-state index contributed by atoms with van der Waals surface area (Å²) >= 11 is 0. The van der Waals surface area contributed by atoms with Crippen LogP contribution in [0.4, 0.5) is 0 Å². The summed E-state index contributed by atoms with van der Waals surface area (Å²) in [4.78, 5) is 0. The number of hydrogen-bond donors (Lipinski definition) is 0. The molecule has 0 radical (unpaired) electrons. The van der Waals surface area contributed by atoms with Crippen LogP contribution in [0.1, 0.15) is 53.4 Å². The molecule has 0 saturated heterocycles. The van der Waals surface area contributed by atoms with Gasteiger partial charge in [-0.1, -0.05) is 13.3 Å². The van der Waals surface area contributed by atoms with Gasteiger partial charge in [0.2, 0.25) is 0 Å². The topological polar surface area (TPSA) is 33.0 Å². The molecule has 0 fully saturated rings. The van der Waals surface area contributed by atoms with Crippen molar-refractivity contribution in [2.45, 2.75) is 59.5 Å². The van der Waals surface area contributed by atoms with E-state index in [-0.39, 0.29) is 5.41 Å². The summed E-state index contributed by atoms with van der Waals surface area (Å²) in [6.07, 6.45) is 4.56. The minimum atomic E-state index is -0.197. The average Bonchev–Trinajstić information content (AvgIpc) is 2.13. The smallest absolute Gasteiger partial charge is 0.0683 e. The van der Waals surface area contributed by atoms with Gasteiger partial charge in [-0.2, -0.15) is 5.26 Å². The standard InChI is InChI=1S/C12H23NO/c1-5-7-11(2)14-9-6-8-12(3,4)10-13/h11H,5-9H2,1-4H3. The summed E-state index contributed by atoms with van der Waals surface area (Å²) in [6.45, 7) is 9.01. The molecule has 0 saturated carbocycles. The molecule has 0 spiro atoms. The molecule has 82 valence electrons. The molecule has 0 rings (SSSR count). The predicted octanol–water partition coefficient (Wildman–Crippen LogP) is 3.52. The van der Waals surface area contributed by atoms with Crippen molar-refractivity contribution in [2.75, 3.05) is 6.61 Å². The SMILES string of the molecule is CCCC(C)OCCCC(C)(C)C#N. The molecule has 0 aliphatic rings. The van der Waals surface area contributed by atoms with Gasteiger partial charge in [-0.25, -0.2) is 0 Å². The highest BCUT2D eigenvalue weighted by Crippen LogP contribution is 2.20. The fourth-order valence-electron chi connectivity index (χ4n) is 1.34. The third-order valence-electron chi connectivity index (χ3n) is 2.35. The van der Waals surface area contributed by atoms with Crippen molar-refractivity contribution in [3.63, 3.8) is 0 Å². The van der Waals surface area contributed by atoms with E-state index in [0.29, 0.717) is 6.10 Å². The number of nitrogens with zero attached hydrogens (tertiary/aromatic N) is 1. The highest BCUT2D eigenvalue weighted by atomic mass is 16.5. The van der Waals surface area contributed by atoms with Crippen molar-refractivity contribution in [3.05, 3.63) is 0 Å². The van der Waals surface area contributed by atoms with Crippen molar-refractivity contribution in [2.24, 2.45) is 5.41 Å². The first-order valence-corrected chi connectivity index (χ1v) is 5.54. The van der Waals surface area contributed by atoms with Gasteiger partial charge in [0, 0.05) is 6.61 Å². The zero-order chi connectivity index (χ0) is 11.0. The number of hydrogen-bond acceptors (Lipinski definition) is 2. The van der Waals surface area contributed by atoms with Gasteiger partial charge in [-0.15, -0.1) is 0 Å². The van der Waals surface area contributed by atoms with Crippen LogP contribution in [0.3, 0.4) is 0 Å². The lowest BCUT2D eigenvalue weighted by molar-refractivity contribution is 0.0543. The Morgan fingerprint density at radius 2 is 2.07 bits per heavy atom. The van der Waals surface area contributed by atoms with Gasteiger partial charge >= 0.3 is 0 Å². The van der Waals surface area contributed by atoms with Gasteiger partial charge in [-0.05, 0) is 40.0 Å². The Bertz CT molecular complexity index is 181. The molecule has 14 heavy (non-hydrogen) atoms. The third-order valence-corrected chi connectivity index (χ3v) is 2.35. The van der Waals surface area contributed by atoms with Crippen molar-refractivity contribution in [1.29, 1.82) is 5.26 Å². The first-order valence-electron chi connectivity index (χ1n) is 5.54. The van der Waals surface area contributed by atoms with Crippen LogP contribution < -0.4 is 0 Å². The van der Waals surface area contributed by atoms with E-state index < -0.39 is 0 Å². The molecule has 2 nitrogen and oxygen atoms in total. The number of rotatable bonds is 7. The van der Waals surface area contributed by atoms with E-state index in [1.807, 2.05) is 13.8 Å². The van der Waals surface area contributed by atoms with Crippen LogP contribution in [0.5, 0.6) is 0 Å². The first-order chi connectivity index (χ1) is 6.52. The van der Waals surface area contributed by atoms with Crippen LogP contribution >= 0.6 is 0 Å². The summed E-state index contributed by atoms with van der Waals surface area (Å²) in [5.41, 5.74) is -0.197.